The molecule has 1 aromatic rings. The quantitative estimate of drug-likeness (QED) is 0.583. The molecule has 1 rings (SSSR count). The van der Waals surface area contributed by atoms with E-state index in [2.05, 4.69) is 5.32 Å². The zero-order valence-corrected chi connectivity index (χ0v) is 7.17. The third-order valence-electron chi connectivity index (χ3n) is 1.79. The lowest BCUT2D eigenvalue weighted by Crippen LogP contribution is -1.98. The molecule has 0 saturated carbocycles. The van der Waals surface area contributed by atoms with Gasteiger partial charge in [-0.2, -0.15) is 0 Å². The fraction of sp³-hybridized carbons (Fsp3) is 0.333. The van der Waals surface area contributed by atoms with Crippen molar-refractivity contribution < 1.29 is 5.11 Å². The summed E-state index contributed by atoms with van der Waals surface area (Å²) >= 11 is 0. The fourth-order valence-electron chi connectivity index (χ4n) is 1.10. The molecule has 3 heteroatoms. The van der Waals surface area contributed by atoms with Gasteiger partial charge in [0.2, 0.25) is 0 Å². The highest BCUT2D eigenvalue weighted by Gasteiger charge is 1.97. The van der Waals surface area contributed by atoms with Crippen molar-refractivity contribution in [2.75, 3.05) is 24.7 Å². The van der Waals surface area contributed by atoms with Gasteiger partial charge in [0, 0.05) is 13.7 Å². The van der Waals surface area contributed by atoms with Crippen LogP contribution in [0.25, 0.3) is 0 Å². The summed E-state index contributed by atoms with van der Waals surface area (Å²) in [5.74, 6) is 0. The molecular weight excluding hydrogens is 152 g/mol. The van der Waals surface area contributed by atoms with E-state index in [0.717, 1.165) is 16.9 Å². The zero-order chi connectivity index (χ0) is 8.97. The summed E-state index contributed by atoms with van der Waals surface area (Å²) < 4.78 is 0. The third-order valence-corrected chi connectivity index (χ3v) is 1.79. The van der Waals surface area contributed by atoms with Crippen molar-refractivity contribution in [3.63, 3.8) is 0 Å². The van der Waals surface area contributed by atoms with Crippen LogP contribution in [0.2, 0.25) is 0 Å². The molecule has 0 aromatic heterocycles. The van der Waals surface area contributed by atoms with Gasteiger partial charge in [-0.1, -0.05) is 6.07 Å². The van der Waals surface area contributed by atoms with Crippen molar-refractivity contribution in [3.05, 3.63) is 23.8 Å². The Kier molecular flexibility index (Phi) is 2.94. The zero-order valence-electron chi connectivity index (χ0n) is 7.17. The van der Waals surface area contributed by atoms with Gasteiger partial charge >= 0.3 is 0 Å². The Morgan fingerprint density at radius 3 is 2.83 bits per heavy atom. The maximum Gasteiger partial charge on any atom is 0.0574 e. The largest absolute Gasteiger partial charge is 0.397 e. The highest BCUT2D eigenvalue weighted by Crippen LogP contribution is 2.19. The molecule has 0 bridgehead atoms. The van der Waals surface area contributed by atoms with E-state index < -0.39 is 0 Å². The van der Waals surface area contributed by atoms with Crippen molar-refractivity contribution in [3.8, 4) is 0 Å². The summed E-state index contributed by atoms with van der Waals surface area (Å²) in [4.78, 5) is 0. The highest BCUT2D eigenvalue weighted by atomic mass is 16.2. The molecule has 0 saturated heterocycles. The molecule has 0 amide bonds. The summed E-state index contributed by atoms with van der Waals surface area (Å²) in [7, 11) is 1.83. The molecule has 0 aliphatic carbocycles. The Balaban J connectivity index is 2.89. The number of nitrogen functional groups attached to an aromatic ring is 1. The van der Waals surface area contributed by atoms with Crippen LogP contribution in [0.3, 0.4) is 0 Å². The number of anilines is 2. The summed E-state index contributed by atoms with van der Waals surface area (Å²) in [6, 6.07) is 5.72. The smallest absolute Gasteiger partial charge is 0.0574 e. The summed E-state index contributed by atoms with van der Waals surface area (Å²) in [5, 5.41) is 11.7. The first-order valence-electron chi connectivity index (χ1n) is 3.95. The number of benzene rings is 1. The van der Waals surface area contributed by atoms with Crippen LogP contribution in [0.4, 0.5) is 11.4 Å². The van der Waals surface area contributed by atoms with Gasteiger partial charge in [-0.25, -0.2) is 0 Å². The number of aliphatic hydroxyl groups excluding tert-OH is 1. The first kappa shape index (κ1) is 8.87. The Bertz CT molecular complexity index is 261. The molecule has 3 nitrogen and oxygen atoms in total. The van der Waals surface area contributed by atoms with Gasteiger partial charge < -0.3 is 16.2 Å². The Hall–Kier alpha value is -1.22. The fourth-order valence-corrected chi connectivity index (χ4v) is 1.10. The number of rotatable bonds is 3. The van der Waals surface area contributed by atoms with Crippen molar-refractivity contribution in [1.82, 2.24) is 0 Å². The van der Waals surface area contributed by atoms with Gasteiger partial charge in [-0.3, -0.25) is 0 Å². The second-order valence-corrected chi connectivity index (χ2v) is 2.65. The van der Waals surface area contributed by atoms with Crippen LogP contribution in [-0.4, -0.2) is 18.8 Å². The van der Waals surface area contributed by atoms with Gasteiger partial charge in [-0.15, -0.1) is 0 Å². The van der Waals surface area contributed by atoms with Crippen molar-refractivity contribution in [2.45, 2.75) is 6.42 Å². The second-order valence-electron chi connectivity index (χ2n) is 2.65. The van der Waals surface area contributed by atoms with Gasteiger partial charge in [0.05, 0.1) is 11.4 Å². The SMILES string of the molecule is CNc1cc(CCO)ccc1N. The van der Waals surface area contributed by atoms with E-state index in [1.165, 1.54) is 0 Å². The van der Waals surface area contributed by atoms with E-state index >= 15 is 0 Å². The molecule has 12 heavy (non-hydrogen) atoms. The molecule has 0 radical (unpaired) electrons. The molecule has 0 spiro atoms. The van der Waals surface area contributed by atoms with Crippen molar-refractivity contribution in [1.29, 1.82) is 0 Å². The summed E-state index contributed by atoms with van der Waals surface area (Å²) in [5.41, 5.74) is 8.42. The predicted molar refractivity (Wildman–Crippen MR) is 51.2 cm³/mol. The van der Waals surface area contributed by atoms with Gasteiger partial charge in [0.15, 0.2) is 0 Å². The number of nitrogens with one attached hydrogen (secondary N) is 1. The van der Waals surface area contributed by atoms with Gasteiger partial charge in [0.25, 0.3) is 0 Å². The van der Waals surface area contributed by atoms with E-state index in [0.29, 0.717) is 6.42 Å². The van der Waals surface area contributed by atoms with Crippen LogP contribution in [0, 0.1) is 0 Å². The first-order chi connectivity index (χ1) is 5.77. The van der Waals surface area contributed by atoms with Crippen molar-refractivity contribution >= 4 is 11.4 Å². The molecule has 0 aliphatic heterocycles. The Labute approximate surface area is 72.2 Å². The lowest BCUT2D eigenvalue weighted by atomic mass is 10.1. The van der Waals surface area contributed by atoms with E-state index in [1.54, 1.807) is 0 Å². The number of hydrogen-bond acceptors (Lipinski definition) is 3. The second kappa shape index (κ2) is 3.97. The van der Waals surface area contributed by atoms with E-state index in [4.69, 9.17) is 10.8 Å². The predicted octanol–water partition coefficient (Wildman–Crippen LogP) is 0.845. The number of nitrogens with two attached hydrogens (primary N) is 1. The lowest BCUT2D eigenvalue weighted by molar-refractivity contribution is 0.299. The minimum absolute atomic E-state index is 0.174. The molecule has 1 aromatic carbocycles. The Morgan fingerprint density at radius 2 is 2.25 bits per heavy atom. The summed E-state index contributed by atoms with van der Waals surface area (Å²) in [6.45, 7) is 0.174. The molecule has 0 unspecified atom stereocenters. The van der Waals surface area contributed by atoms with Crippen LogP contribution in [0.1, 0.15) is 5.56 Å². The molecule has 66 valence electrons. The van der Waals surface area contributed by atoms with E-state index in [9.17, 15) is 0 Å². The monoisotopic (exact) mass is 166 g/mol. The van der Waals surface area contributed by atoms with Crippen LogP contribution < -0.4 is 11.1 Å². The molecule has 0 fully saturated rings. The standard InChI is InChI=1S/C9H14N2O/c1-11-9-6-7(4-5-12)2-3-8(9)10/h2-3,6,11-12H,4-5,10H2,1H3. The van der Waals surface area contributed by atoms with E-state index in [-0.39, 0.29) is 6.61 Å². The van der Waals surface area contributed by atoms with Crippen LogP contribution >= 0.6 is 0 Å². The van der Waals surface area contributed by atoms with Crippen LogP contribution in [0.15, 0.2) is 18.2 Å². The van der Waals surface area contributed by atoms with Crippen molar-refractivity contribution in [2.24, 2.45) is 0 Å². The topological polar surface area (TPSA) is 58.3 Å². The Morgan fingerprint density at radius 1 is 1.50 bits per heavy atom. The normalized spacial score (nSPS) is 9.83. The molecule has 4 N–H and O–H groups in total. The van der Waals surface area contributed by atoms with Gasteiger partial charge in [-0.05, 0) is 24.1 Å². The number of aliphatic hydroxyl groups is 1. The van der Waals surface area contributed by atoms with E-state index in [1.807, 2.05) is 25.2 Å². The highest BCUT2D eigenvalue weighted by molar-refractivity contribution is 5.66. The maximum absolute atomic E-state index is 8.70. The minimum atomic E-state index is 0.174. The molecule has 0 heterocycles. The molecular formula is C9H14N2O. The first-order valence-corrected chi connectivity index (χ1v) is 3.95. The average Bonchev–Trinajstić information content (AvgIpc) is 2.09. The lowest BCUT2D eigenvalue weighted by Gasteiger charge is -2.06. The van der Waals surface area contributed by atoms with Crippen LogP contribution in [0.5, 0.6) is 0 Å². The maximum atomic E-state index is 8.70. The molecule has 0 aliphatic rings. The third kappa shape index (κ3) is 1.89. The van der Waals surface area contributed by atoms with Crippen LogP contribution in [-0.2, 0) is 6.42 Å². The van der Waals surface area contributed by atoms with Gasteiger partial charge in [0.1, 0.15) is 0 Å². The summed E-state index contributed by atoms with van der Waals surface area (Å²) in [6.07, 6.45) is 0.676. The minimum Gasteiger partial charge on any atom is -0.397 e. The average molecular weight is 166 g/mol. The number of hydrogen-bond donors (Lipinski definition) is 3. The molecule has 0 atom stereocenters.